The number of hydrogen-bond acceptors (Lipinski definition) is 4. The third kappa shape index (κ3) is 3.77. The molecule has 0 atom stereocenters. The number of benzene rings is 1. The maximum Gasteiger partial charge on any atom is 0.238 e. The first-order valence-electron chi connectivity index (χ1n) is 7.39. The number of carbonyl (C=O) groups excluding carboxylic acids is 1. The zero-order chi connectivity index (χ0) is 14.5. The van der Waals surface area contributed by atoms with Crippen LogP contribution >= 0.6 is 0 Å². The average Bonchev–Trinajstić information content (AvgIpc) is 2.75. The molecular formula is C16H20N4O. The zero-order valence-corrected chi connectivity index (χ0v) is 12.0. The lowest BCUT2D eigenvalue weighted by Crippen LogP contribution is -2.35. The first kappa shape index (κ1) is 14.0. The number of rotatable bonds is 3. The Kier molecular flexibility index (Phi) is 4.43. The van der Waals surface area contributed by atoms with Crippen LogP contribution < -0.4 is 10.6 Å². The van der Waals surface area contributed by atoms with Gasteiger partial charge in [0.2, 0.25) is 5.91 Å². The zero-order valence-electron chi connectivity index (χ0n) is 12.0. The molecule has 21 heavy (non-hydrogen) atoms. The molecule has 1 aromatic carbocycles. The molecule has 1 aliphatic rings. The van der Waals surface area contributed by atoms with E-state index >= 15 is 0 Å². The summed E-state index contributed by atoms with van der Waals surface area (Å²) >= 11 is 0. The van der Waals surface area contributed by atoms with Crippen molar-refractivity contribution in [3.8, 4) is 0 Å². The van der Waals surface area contributed by atoms with Crippen LogP contribution in [0, 0.1) is 0 Å². The highest BCUT2D eigenvalue weighted by atomic mass is 16.2. The summed E-state index contributed by atoms with van der Waals surface area (Å²) in [4.78, 5) is 18.6. The molecule has 1 saturated heterocycles. The summed E-state index contributed by atoms with van der Waals surface area (Å²) in [5.41, 5.74) is 1.77. The van der Waals surface area contributed by atoms with Crippen LogP contribution in [0.4, 0.5) is 5.69 Å². The lowest BCUT2D eigenvalue weighted by Gasteiger charge is -2.18. The van der Waals surface area contributed by atoms with Crippen LogP contribution in [0.1, 0.15) is 6.42 Å². The van der Waals surface area contributed by atoms with Crippen LogP contribution in [0.5, 0.6) is 0 Å². The van der Waals surface area contributed by atoms with Gasteiger partial charge in [0.05, 0.1) is 12.1 Å². The fraction of sp³-hybridized carbons (Fsp3) is 0.375. The van der Waals surface area contributed by atoms with E-state index in [1.807, 2.05) is 30.3 Å². The fourth-order valence-corrected chi connectivity index (χ4v) is 2.62. The summed E-state index contributed by atoms with van der Waals surface area (Å²) in [6, 6.07) is 9.69. The van der Waals surface area contributed by atoms with Crippen molar-refractivity contribution in [3.05, 3.63) is 36.5 Å². The molecule has 0 saturated carbocycles. The van der Waals surface area contributed by atoms with Gasteiger partial charge in [-0.25, -0.2) is 0 Å². The van der Waals surface area contributed by atoms with Gasteiger partial charge in [0.1, 0.15) is 0 Å². The minimum atomic E-state index is 0.0418. The van der Waals surface area contributed by atoms with Crippen molar-refractivity contribution in [1.29, 1.82) is 0 Å². The number of carbonyl (C=O) groups is 1. The van der Waals surface area contributed by atoms with E-state index in [0.29, 0.717) is 6.54 Å². The van der Waals surface area contributed by atoms with Crippen LogP contribution in [0.15, 0.2) is 36.5 Å². The maximum absolute atomic E-state index is 12.1. The molecule has 0 radical (unpaired) electrons. The van der Waals surface area contributed by atoms with E-state index in [1.165, 1.54) is 0 Å². The molecule has 0 spiro atoms. The van der Waals surface area contributed by atoms with E-state index in [9.17, 15) is 4.79 Å². The van der Waals surface area contributed by atoms with Crippen LogP contribution in [0.3, 0.4) is 0 Å². The van der Waals surface area contributed by atoms with Gasteiger partial charge in [-0.3, -0.25) is 14.7 Å². The quantitative estimate of drug-likeness (QED) is 0.896. The van der Waals surface area contributed by atoms with Gasteiger partial charge >= 0.3 is 0 Å². The fourth-order valence-electron chi connectivity index (χ4n) is 2.62. The van der Waals surface area contributed by atoms with Crippen molar-refractivity contribution in [2.24, 2.45) is 0 Å². The summed E-state index contributed by atoms with van der Waals surface area (Å²) < 4.78 is 0. The Morgan fingerprint density at radius 2 is 2.24 bits per heavy atom. The average molecular weight is 284 g/mol. The summed E-state index contributed by atoms with van der Waals surface area (Å²) in [5.74, 6) is 0.0418. The highest BCUT2D eigenvalue weighted by molar-refractivity contribution is 5.94. The number of anilines is 1. The number of hydrogen-bond donors (Lipinski definition) is 2. The highest BCUT2D eigenvalue weighted by Crippen LogP contribution is 2.16. The Labute approximate surface area is 124 Å². The van der Waals surface area contributed by atoms with Gasteiger partial charge in [0.25, 0.3) is 0 Å². The minimum absolute atomic E-state index is 0.0418. The Bertz CT molecular complexity index is 620. The Morgan fingerprint density at radius 1 is 1.29 bits per heavy atom. The van der Waals surface area contributed by atoms with Crippen molar-refractivity contribution in [3.63, 3.8) is 0 Å². The van der Waals surface area contributed by atoms with Crippen molar-refractivity contribution < 1.29 is 4.79 Å². The standard InChI is InChI=1S/C16H20N4O/c21-16(12-20-9-2-6-17-8-10-20)19-14-4-5-15-13(11-14)3-1-7-18-15/h1,3-5,7,11,17H,2,6,8-10,12H2,(H,19,21). The molecule has 110 valence electrons. The first-order chi connectivity index (χ1) is 10.3. The molecule has 1 amide bonds. The predicted molar refractivity (Wildman–Crippen MR) is 84.3 cm³/mol. The molecule has 2 aromatic rings. The second-order valence-corrected chi connectivity index (χ2v) is 5.34. The predicted octanol–water partition coefficient (Wildman–Crippen LogP) is 1.47. The Hall–Kier alpha value is -1.98. The molecule has 2 heterocycles. The van der Waals surface area contributed by atoms with Gasteiger partial charge < -0.3 is 10.6 Å². The summed E-state index contributed by atoms with van der Waals surface area (Å²) in [6.07, 6.45) is 2.86. The largest absolute Gasteiger partial charge is 0.325 e. The molecule has 5 nitrogen and oxygen atoms in total. The maximum atomic E-state index is 12.1. The second-order valence-electron chi connectivity index (χ2n) is 5.34. The van der Waals surface area contributed by atoms with E-state index in [0.717, 1.165) is 49.2 Å². The molecule has 0 unspecified atom stereocenters. The number of amides is 1. The molecule has 0 bridgehead atoms. The van der Waals surface area contributed by atoms with E-state index in [2.05, 4.69) is 20.5 Å². The highest BCUT2D eigenvalue weighted by Gasteiger charge is 2.12. The number of aromatic nitrogens is 1. The van der Waals surface area contributed by atoms with Crippen molar-refractivity contribution >= 4 is 22.5 Å². The molecule has 1 aliphatic heterocycles. The van der Waals surface area contributed by atoms with Crippen molar-refractivity contribution in [2.75, 3.05) is 38.0 Å². The molecular weight excluding hydrogens is 264 g/mol. The third-order valence-corrected chi connectivity index (χ3v) is 3.69. The molecule has 3 rings (SSSR count). The Morgan fingerprint density at radius 3 is 3.19 bits per heavy atom. The minimum Gasteiger partial charge on any atom is -0.325 e. The second kappa shape index (κ2) is 6.65. The van der Waals surface area contributed by atoms with E-state index in [-0.39, 0.29) is 5.91 Å². The lowest BCUT2D eigenvalue weighted by molar-refractivity contribution is -0.117. The van der Waals surface area contributed by atoms with Crippen LogP contribution in [-0.4, -0.2) is 48.5 Å². The number of fused-ring (bicyclic) bond motifs is 1. The molecule has 1 fully saturated rings. The van der Waals surface area contributed by atoms with Gasteiger partial charge in [0.15, 0.2) is 0 Å². The topological polar surface area (TPSA) is 57.3 Å². The van der Waals surface area contributed by atoms with Crippen LogP contribution in [0.25, 0.3) is 10.9 Å². The first-order valence-corrected chi connectivity index (χ1v) is 7.39. The third-order valence-electron chi connectivity index (χ3n) is 3.69. The molecule has 0 aliphatic carbocycles. The van der Waals surface area contributed by atoms with Crippen LogP contribution in [0.2, 0.25) is 0 Å². The SMILES string of the molecule is O=C(CN1CCCNCC1)Nc1ccc2ncccc2c1. The van der Waals surface area contributed by atoms with Crippen molar-refractivity contribution in [2.45, 2.75) is 6.42 Å². The van der Waals surface area contributed by atoms with Crippen molar-refractivity contribution in [1.82, 2.24) is 15.2 Å². The van der Waals surface area contributed by atoms with Crippen LogP contribution in [-0.2, 0) is 4.79 Å². The van der Waals surface area contributed by atoms with Gasteiger partial charge in [0, 0.05) is 30.4 Å². The normalized spacial score (nSPS) is 16.6. The lowest BCUT2D eigenvalue weighted by atomic mass is 10.2. The van der Waals surface area contributed by atoms with E-state index in [4.69, 9.17) is 0 Å². The summed E-state index contributed by atoms with van der Waals surface area (Å²) in [7, 11) is 0. The molecule has 2 N–H and O–H groups in total. The van der Waals surface area contributed by atoms with E-state index in [1.54, 1.807) is 6.20 Å². The monoisotopic (exact) mass is 284 g/mol. The number of nitrogens with zero attached hydrogens (tertiary/aromatic N) is 2. The summed E-state index contributed by atoms with van der Waals surface area (Å²) in [5, 5.41) is 7.35. The Balaban J connectivity index is 1.62. The van der Waals surface area contributed by atoms with Gasteiger partial charge in [-0.2, -0.15) is 0 Å². The van der Waals surface area contributed by atoms with Gasteiger partial charge in [-0.15, -0.1) is 0 Å². The van der Waals surface area contributed by atoms with Gasteiger partial charge in [-0.1, -0.05) is 6.07 Å². The summed E-state index contributed by atoms with van der Waals surface area (Å²) in [6.45, 7) is 4.34. The smallest absolute Gasteiger partial charge is 0.238 e. The molecule has 5 heteroatoms. The molecule has 1 aromatic heterocycles. The number of pyridine rings is 1. The van der Waals surface area contributed by atoms with Gasteiger partial charge in [-0.05, 0) is 43.8 Å². The van der Waals surface area contributed by atoms with E-state index < -0.39 is 0 Å². The number of nitrogens with one attached hydrogen (secondary N) is 2.